The van der Waals surface area contributed by atoms with E-state index in [2.05, 4.69) is 0 Å². The molecule has 1 fully saturated rings. The fraction of sp³-hybridized carbons (Fsp3) is 0.381. The number of benzene rings is 2. The summed E-state index contributed by atoms with van der Waals surface area (Å²) < 4.78 is 22.0. The molecular formula is C21H24O5. The third-order valence-electron chi connectivity index (χ3n) is 4.69. The Bertz CT molecular complexity index is 778. The van der Waals surface area contributed by atoms with E-state index in [1.165, 1.54) is 20.0 Å². The fourth-order valence-corrected chi connectivity index (χ4v) is 3.38. The van der Waals surface area contributed by atoms with Crippen LogP contribution in [0.15, 0.2) is 36.4 Å². The van der Waals surface area contributed by atoms with Gasteiger partial charge in [0.15, 0.2) is 11.5 Å². The van der Waals surface area contributed by atoms with Gasteiger partial charge < -0.3 is 18.9 Å². The standard InChI is InChI=1S/C21H24O5/c1-23-18-12-11-14(13-19(18)26-15-7-4-5-8-15)16-9-6-10-17(20(16)24-2)21(22)25-3/h6,9-13,15H,4-5,7-8H2,1-3H3. The third kappa shape index (κ3) is 3.62. The largest absolute Gasteiger partial charge is 0.495 e. The predicted molar refractivity (Wildman–Crippen MR) is 99.2 cm³/mol. The van der Waals surface area contributed by atoms with Crippen LogP contribution in [0.1, 0.15) is 36.0 Å². The van der Waals surface area contributed by atoms with Gasteiger partial charge in [-0.2, -0.15) is 0 Å². The summed E-state index contributed by atoms with van der Waals surface area (Å²) >= 11 is 0. The first-order valence-electron chi connectivity index (χ1n) is 8.78. The zero-order valence-corrected chi connectivity index (χ0v) is 15.4. The second-order valence-corrected chi connectivity index (χ2v) is 6.27. The van der Waals surface area contributed by atoms with Crippen molar-refractivity contribution in [2.75, 3.05) is 21.3 Å². The van der Waals surface area contributed by atoms with Gasteiger partial charge in [0.1, 0.15) is 11.3 Å². The molecule has 3 rings (SSSR count). The van der Waals surface area contributed by atoms with Crippen LogP contribution in [0.3, 0.4) is 0 Å². The fourth-order valence-electron chi connectivity index (χ4n) is 3.38. The van der Waals surface area contributed by atoms with Gasteiger partial charge in [-0.1, -0.05) is 18.2 Å². The maximum atomic E-state index is 12.0. The first kappa shape index (κ1) is 18.1. The third-order valence-corrected chi connectivity index (χ3v) is 4.69. The summed E-state index contributed by atoms with van der Waals surface area (Å²) in [6, 6.07) is 11.2. The number of hydrogen-bond donors (Lipinski definition) is 0. The summed E-state index contributed by atoms with van der Waals surface area (Å²) in [5.74, 6) is 1.46. The summed E-state index contributed by atoms with van der Waals surface area (Å²) in [6.07, 6.45) is 4.74. The summed E-state index contributed by atoms with van der Waals surface area (Å²) in [7, 11) is 4.54. The van der Waals surface area contributed by atoms with Crippen LogP contribution in [-0.4, -0.2) is 33.4 Å². The average Bonchev–Trinajstić information content (AvgIpc) is 3.19. The minimum atomic E-state index is -0.431. The second kappa shape index (κ2) is 8.13. The molecule has 0 spiro atoms. The van der Waals surface area contributed by atoms with Crippen LogP contribution < -0.4 is 14.2 Å². The van der Waals surface area contributed by atoms with Crippen LogP contribution >= 0.6 is 0 Å². The van der Waals surface area contributed by atoms with E-state index >= 15 is 0 Å². The van der Waals surface area contributed by atoms with Gasteiger partial charge in [0.2, 0.25) is 0 Å². The van der Waals surface area contributed by atoms with Gasteiger partial charge in [0.25, 0.3) is 0 Å². The van der Waals surface area contributed by atoms with Crippen LogP contribution in [0, 0.1) is 0 Å². The molecule has 0 amide bonds. The molecule has 0 unspecified atom stereocenters. The van der Waals surface area contributed by atoms with Gasteiger partial charge in [-0.3, -0.25) is 0 Å². The highest BCUT2D eigenvalue weighted by atomic mass is 16.5. The molecule has 0 saturated heterocycles. The van der Waals surface area contributed by atoms with Crippen LogP contribution in [0.4, 0.5) is 0 Å². The average molecular weight is 356 g/mol. The summed E-state index contributed by atoms with van der Waals surface area (Å²) in [6.45, 7) is 0. The van der Waals surface area contributed by atoms with Crippen molar-refractivity contribution in [2.24, 2.45) is 0 Å². The Morgan fingerprint density at radius 1 is 0.962 bits per heavy atom. The first-order chi connectivity index (χ1) is 12.7. The Labute approximate surface area is 153 Å². The predicted octanol–water partition coefficient (Wildman–Crippen LogP) is 4.48. The second-order valence-electron chi connectivity index (χ2n) is 6.27. The van der Waals surface area contributed by atoms with Gasteiger partial charge in [0.05, 0.1) is 27.4 Å². The van der Waals surface area contributed by atoms with Gasteiger partial charge in [-0.25, -0.2) is 4.79 Å². The first-order valence-corrected chi connectivity index (χ1v) is 8.78. The van der Waals surface area contributed by atoms with Crippen LogP contribution in [-0.2, 0) is 4.74 Å². The van der Waals surface area contributed by atoms with E-state index in [4.69, 9.17) is 18.9 Å². The lowest BCUT2D eigenvalue weighted by molar-refractivity contribution is 0.0597. The van der Waals surface area contributed by atoms with Crippen molar-refractivity contribution >= 4 is 5.97 Å². The van der Waals surface area contributed by atoms with Crippen molar-refractivity contribution in [3.05, 3.63) is 42.0 Å². The minimum absolute atomic E-state index is 0.224. The monoisotopic (exact) mass is 356 g/mol. The molecule has 1 aliphatic carbocycles. The summed E-state index contributed by atoms with van der Waals surface area (Å²) in [4.78, 5) is 12.0. The number of esters is 1. The number of rotatable bonds is 6. The van der Waals surface area contributed by atoms with E-state index in [0.29, 0.717) is 22.8 Å². The molecular weight excluding hydrogens is 332 g/mol. The van der Waals surface area contributed by atoms with E-state index in [1.54, 1.807) is 20.3 Å². The lowest BCUT2D eigenvalue weighted by Gasteiger charge is -2.18. The SMILES string of the molecule is COC(=O)c1cccc(-c2ccc(OC)c(OC3CCCC3)c2)c1OC. The number of hydrogen-bond acceptors (Lipinski definition) is 5. The Morgan fingerprint density at radius 3 is 2.38 bits per heavy atom. The maximum Gasteiger partial charge on any atom is 0.341 e. The normalized spacial score (nSPS) is 14.1. The molecule has 0 heterocycles. The van der Waals surface area contributed by atoms with E-state index in [0.717, 1.165) is 24.0 Å². The highest BCUT2D eigenvalue weighted by molar-refractivity contribution is 5.95. The van der Waals surface area contributed by atoms with Gasteiger partial charge in [0, 0.05) is 5.56 Å². The molecule has 1 saturated carbocycles. The maximum absolute atomic E-state index is 12.0. The Morgan fingerprint density at radius 2 is 1.73 bits per heavy atom. The van der Waals surface area contributed by atoms with Gasteiger partial charge in [-0.15, -0.1) is 0 Å². The Kier molecular flexibility index (Phi) is 5.66. The number of carbonyl (C=O) groups is 1. The molecule has 5 nitrogen and oxygen atoms in total. The zero-order chi connectivity index (χ0) is 18.5. The van der Waals surface area contributed by atoms with E-state index in [9.17, 15) is 4.79 Å². The van der Waals surface area contributed by atoms with Crippen molar-refractivity contribution in [3.8, 4) is 28.4 Å². The van der Waals surface area contributed by atoms with E-state index in [-0.39, 0.29) is 6.10 Å². The molecule has 0 N–H and O–H groups in total. The van der Waals surface area contributed by atoms with Crippen molar-refractivity contribution in [2.45, 2.75) is 31.8 Å². The quantitative estimate of drug-likeness (QED) is 0.714. The highest BCUT2D eigenvalue weighted by Gasteiger charge is 2.21. The number of methoxy groups -OCH3 is 3. The van der Waals surface area contributed by atoms with Crippen molar-refractivity contribution < 1.29 is 23.7 Å². The lowest BCUT2D eigenvalue weighted by atomic mass is 10.0. The molecule has 0 aromatic heterocycles. The summed E-state index contributed by atoms with van der Waals surface area (Å²) in [5, 5.41) is 0. The Hall–Kier alpha value is -2.69. The lowest BCUT2D eigenvalue weighted by Crippen LogP contribution is -2.11. The highest BCUT2D eigenvalue weighted by Crippen LogP contribution is 2.39. The molecule has 0 aliphatic heterocycles. The van der Waals surface area contributed by atoms with Crippen LogP contribution in [0.5, 0.6) is 17.2 Å². The molecule has 2 aromatic carbocycles. The number of para-hydroxylation sites is 1. The van der Waals surface area contributed by atoms with E-state index in [1.807, 2.05) is 30.3 Å². The molecule has 5 heteroatoms. The molecule has 0 radical (unpaired) electrons. The number of carbonyl (C=O) groups excluding carboxylic acids is 1. The van der Waals surface area contributed by atoms with Crippen molar-refractivity contribution in [1.29, 1.82) is 0 Å². The summed E-state index contributed by atoms with van der Waals surface area (Å²) in [5.41, 5.74) is 2.08. The van der Waals surface area contributed by atoms with Crippen molar-refractivity contribution in [3.63, 3.8) is 0 Å². The molecule has 2 aromatic rings. The Balaban J connectivity index is 2.02. The van der Waals surface area contributed by atoms with Gasteiger partial charge >= 0.3 is 5.97 Å². The molecule has 0 atom stereocenters. The molecule has 26 heavy (non-hydrogen) atoms. The minimum Gasteiger partial charge on any atom is -0.495 e. The zero-order valence-electron chi connectivity index (χ0n) is 15.4. The molecule has 1 aliphatic rings. The van der Waals surface area contributed by atoms with E-state index < -0.39 is 5.97 Å². The molecule has 138 valence electrons. The topological polar surface area (TPSA) is 54.0 Å². The van der Waals surface area contributed by atoms with Gasteiger partial charge in [-0.05, 0) is 49.4 Å². The van der Waals surface area contributed by atoms with Crippen LogP contribution in [0.2, 0.25) is 0 Å². The van der Waals surface area contributed by atoms with Crippen molar-refractivity contribution in [1.82, 2.24) is 0 Å². The smallest absolute Gasteiger partial charge is 0.341 e. The molecule has 0 bridgehead atoms. The number of ether oxygens (including phenoxy) is 4. The van der Waals surface area contributed by atoms with Crippen LogP contribution in [0.25, 0.3) is 11.1 Å².